The van der Waals surface area contributed by atoms with Crippen LogP contribution in [0.15, 0.2) is 47.6 Å². The van der Waals surface area contributed by atoms with E-state index in [1.807, 2.05) is 0 Å². The summed E-state index contributed by atoms with van der Waals surface area (Å²) in [6.45, 7) is 23.7. The highest BCUT2D eigenvalue weighted by Gasteiger charge is 2.57. The van der Waals surface area contributed by atoms with Crippen molar-refractivity contribution in [3.63, 3.8) is 0 Å². The first-order valence-electron chi connectivity index (χ1n) is 13.8. The van der Waals surface area contributed by atoms with E-state index >= 15 is 0 Å². The summed E-state index contributed by atoms with van der Waals surface area (Å²) >= 11 is 0. The monoisotopic (exact) mass is 462 g/mol. The summed E-state index contributed by atoms with van der Waals surface area (Å²) in [4.78, 5) is 14.3. The van der Waals surface area contributed by atoms with Crippen LogP contribution in [0.5, 0.6) is 0 Å². The zero-order chi connectivity index (χ0) is 25.4. The predicted octanol–water partition coefficient (Wildman–Crippen LogP) is 9.27. The Morgan fingerprint density at radius 1 is 0.735 bits per heavy atom. The van der Waals surface area contributed by atoms with Crippen LogP contribution in [0.3, 0.4) is 0 Å². The van der Waals surface area contributed by atoms with Gasteiger partial charge in [-0.3, -0.25) is 4.79 Å². The van der Waals surface area contributed by atoms with Crippen LogP contribution in [0.4, 0.5) is 0 Å². The fourth-order valence-corrected chi connectivity index (χ4v) is 8.34. The third-order valence-electron chi connectivity index (χ3n) is 10.8. The molecule has 0 aromatic carbocycles. The normalized spacial score (nSPS) is 36.1. The van der Waals surface area contributed by atoms with Gasteiger partial charge in [0.1, 0.15) is 5.78 Å². The van der Waals surface area contributed by atoms with Gasteiger partial charge >= 0.3 is 0 Å². The van der Waals surface area contributed by atoms with Gasteiger partial charge in [0.2, 0.25) is 0 Å². The van der Waals surface area contributed by atoms with Crippen molar-refractivity contribution in [1.29, 1.82) is 0 Å². The van der Waals surface area contributed by atoms with Crippen molar-refractivity contribution in [2.45, 2.75) is 108 Å². The van der Waals surface area contributed by atoms with Crippen molar-refractivity contribution < 1.29 is 4.79 Å². The molecule has 0 bridgehead atoms. The highest BCUT2D eigenvalue weighted by Crippen LogP contribution is 2.64. The molecule has 188 valence electrons. The Hall–Kier alpha value is -1.37. The molecule has 1 heteroatoms. The minimum Gasteiger partial charge on any atom is -0.300 e. The van der Waals surface area contributed by atoms with Crippen LogP contribution in [0.25, 0.3) is 0 Å². The molecular weight excluding hydrogens is 412 g/mol. The molecule has 4 aliphatic rings. The van der Waals surface area contributed by atoms with Gasteiger partial charge < -0.3 is 0 Å². The van der Waals surface area contributed by atoms with E-state index in [1.165, 1.54) is 25.7 Å². The number of hydrogen-bond donors (Lipinski definition) is 0. The lowest BCUT2D eigenvalue weighted by Crippen LogP contribution is -2.47. The van der Waals surface area contributed by atoms with E-state index < -0.39 is 0 Å². The second kappa shape index (κ2) is 7.81. The second-order valence-electron chi connectivity index (χ2n) is 15.4. The van der Waals surface area contributed by atoms with Crippen LogP contribution in [-0.4, -0.2) is 5.78 Å². The van der Waals surface area contributed by atoms with Crippen LogP contribution in [0.2, 0.25) is 0 Å². The zero-order valence-corrected chi connectivity index (χ0v) is 23.8. The predicted molar refractivity (Wildman–Crippen MR) is 145 cm³/mol. The van der Waals surface area contributed by atoms with Crippen molar-refractivity contribution in [3.05, 3.63) is 47.6 Å². The minimum atomic E-state index is -0.104. The largest absolute Gasteiger partial charge is 0.300 e. The van der Waals surface area contributed by atoms with Crippen LogP contribution in [0.1, 0.15) is 108 Å². The lowest BCUT2D eigenvalue weighted by atomic mass is 9.51. The zero-order valence-electron chi connectivity index (χ0n) is 23.8. The van der Waals surface area contributed by atoms with Gasteiger partial charge in [-0.25, -0.2) is 0 Å². The van der Waals surface area contributed by atoms with Gasteiger partial charge in [0.25, 0.3) is 0 Å². The summed E-state index contributed by atoms with van der Waals surface area (Å²) in [6, 6.07) is 0. The number of allylic oxidation sites excluding steroid dienone is 8. The molecule has 0 saturated heterocycles. The first-order valence-corrected chi connectivity index (χ1v) is 13.8. The topological polar surface area (TPSA) is 17.1 Å². The van der Waals surface area contributed by atoms with E-state index in [1.54, 1.807) is 11.1 Å². The number of ketones is 1. The van der Waals surface area contributed by atoms with E-state index in [0.29, 0.717) is 30.5 Å². The molecule has 0 heterocycles. The molecule has 1 nitrogen and oxygen atoms in total. The summed E-state index contributed by atoms with van der Waals surface area (Å²) in [5, 5.41) is 0. The molecule has 34 heavy (non-hydrogen) atoms. The smallest absolute Gasteiger partial charge is 0.134 e. The molecule has 0 spiro atoms. The Kier molecular flexibility index (Phi) is 5.91. The number of carbonyl (C=O) groups is 1. The molecule has 0 radical (unpaired) electrons. The summed E-state index contributed by atoms with van der Waals surface area (Å²) in [7, 11) is 0. The molecule has 0 N–H and O–H groups in total. The molecule has 0 amide bonds. The van der Waals surface area contributed by atoms with Crippen molar-refractivity contribution in [1.82, 2.24) is 0 Å². The Morgan fingerprint density at radius 3 is 1.41 bits per heavy atom. The molecule has 0 aromatic heterocycles. The summed E-state index contributed by atoms with van der Waals surface area (Å²) in [5.41, 5.74) is 3.47. The lowest BCUT2D eigenvalue weighted by molar-refractivity contribution is -0.127. The fraction of sp³-hybridized carbons (Fsp3) is 0.727. The first-order chi connectivity index (χ1) is 15.5. The number of hydrogen-bond acceptors (Lipinski definition) is 1. The molecular formula is C33H50O. The van der Waals surface area contributed by atoms with Crippen LogP contribution < -0.4 is 0 Å². The van der Waals surface area contributed by atoms with Gasteiger partial charge in [-0.15, -0.1) is 0 Å². The van der Waals surface area contributed by atoms with Gasteiger partial charge in [-0.05, 0) is 59.2 Å². The van der Waals surface area contributed by atoms with E-state index in [9.17, 15) is 4.79 Å². The molecule has 2 saturated carbocycles. The fourth-order valence-electron chi connectivity index (χ4n) is 8.34. The second-order valence-corrected chi connectivity index (χ2v) is 15.4. The molecule has 0 aromatic rings. The lowest BCUT2D eigenvalue weighted by Gasteiger charge is -2.52. The maximum atomic E-state index is 14.3. The van der Waals surface area contributed by atoms with E-state index in [-0.39, 0.29) is 32.5 Å². The molecule has 4 rings (SSSR count). The number of rotatable bonds is 4. The quantitative estimate of drug-likeness (QED) is 0.407. The van der Waals surface area contributed by atoms with E-state index in [2.05, 4.69) is 106 Å². The Labute approximate surface area is 210 Å². The highest BCUT2D eigenvalue weighted by molar-refractivity contribution is 5.81. The number of fused-ring (bicyclic) bond motifs is 2. The first kappa shape index (κ1) is 25.7. The Balaban J connectivity index is 1.69. The molecule has 4 unspecified atom stereocenters. The maximum absolute atomic E-state index is 14.3. The average Bonchev–Trinajstić information content (AvgIpc) is 3.17. The highest BCUT2D eigenvalue weighted by atomic mass is 16.1. The summed E-state index contributed by atoms with van der Waals surface area (Å²) in [6.07, 6.45) is 20.3. The van der Waals surface area contributed by atoms with Gasteiger partial charge in [-0.2, -0.15) is 0 Å². The van der Waals surface area contributed by atoms with Gasteiger partial charge in [0.15, 0.2) is 0 Å². The van der Waals surface area contributed by atoms with E-state index in [0.717, 1.165) is 0 Å². The Morgan fingerprint density at radius 2 is 1.09 bits per heavy atom. The van der Waals surface area contributed by atoms with E-state index in [4.69, 9.17) is 0 Å². The van der Waals surface area contributed by atoms with Crippen molar-refractivity contribution >= 4 is 5.78 Å². The van der Waals surface area contributed by atoms with Crippen LogP contribution in [0, 0.1) is 44.3 Å². The molecule has 2 fully saturated rings. The minimum absolute atomic E-state index is 0.0292. The SMILES string of the molecule is CC1(C)CCC2C1=CC=CC2(CC(=O)CC1(C(C)(C)C)C=CC=C2C1CCC2(C)C)C(C)(C)C. The third kappa shape index (κ3) is 3.75. The van der Waals surface area contributed by atoms with Crippen molar-refractivity contribution in [2.24, 2.45) is 44.3 Å². The van der Waals surface area contributed by atoms with Gasteiger partial charge in [0, 0.05) is 23.7 Å². The number of Topliss-reactive ketones (excluding diaryl/α,β-unsaturated/α-hetero) is 1. The average molecular weight is 463 g/mol. The molecule has 4 aliphatic carbocycles. The van der Waals surface area contributed by atoms with Crippen LogP contribution >= 0.6 is 0 Å². The summed E-state index contributed by atoms with van der Waals surface area (Å²) in [5.74, 6) is 1.41. The van der Waals surface area contributed by atoms with Crippen LogP contribution in [-0.2, 0) is 4.79 Å². The molecule has 4 atom stereocenters. The van der Waals surface area contributed by atoms with Gasteiger partial charge in [-0.1, -0.05) is 117 Å². The van der Waals surface area contributed by atoms with Crippen molar-refractivity contribution in [2.75, 3.05) is 0 Å². The maximum Gasteiger partial charge on any atom is 0.134 e. The Bertz CT molecular complexity index is 889. The summed E-state index contributed by atoms with van der Waals surface area (Å²) < 4.78 is 0. The van der Waals surface area contributed by atoms with Crippen molar-refractivity contribution in [3.8, 4) is 0 Å². The molecule has 0 aliphatic heterocycles. The number of carbonyl (C=O) groups excluding carboxylic acids is 1. The third-order valence-corrected chi connectivity index (χ3v) is 10.8. The van der Waals surface area contributed by atoms with Gasteiger partial charge in [0.05, 0.1) is 0 Å². The standard InChI is InChI=1S/C33H50O/c1-28(2,3)32(17-11-13-24-26(32)15-19-30(24,7)8)21-23(34)22-33(29(4,5)6)18-12-14-25-27(33)16-20-31(25,9)10/h11-14,17-18,26-27H,15-16,19-22H2,1-10H3.